The Kier molecular flexibility index (Phi) is 7.38. The summed E-state index contributed by atoms with van der Waals surface area (Å²) < 4.78 is 0. The van der Waals surface area contributed by atoms with Crippen LogP contribution in [0.2, 0.25) is 0 Å². The number of anilines is 1. The second-order valence-corrected chi connectivity index (χ2v) is 9.34. The Morgan fingerprint density at radius 3 is 2.38 bits per heavy atom. The van der Waals surface area contributed by atoms with Crippen LogP contribution in [0.25, 0.3) is 0 Å². The van der Waals surface area contributed by atoms with Crippen molar-refractivity contribution in [3.05, 3.63) is 88.1 Å². The summed E-state index contributed by atoms with van der Waals surface area (Å²) in [6.45, 7) is 2.02. The Morgan fingerprint density at radius 2 is 1.72 bits per heavy atom. The van der Waals surface area contributed by atoms with E-state index < -0.39 is 6.04 Å². The van der Waals surface area contributed by atoms with E-state index in [1.54, 1.807) is 16.2 Å². The number of thiophene rings is 1. The molecule has 0 unspecified atom stereocenters. The Bertz CT molecular complexity index is 1010. The number of nitrogens with one attached hydrogen (secondary N) is 1. The van der Waals surface area contributed by atoms with Crippen LogP contribution in [0.1, 0.15) is 54.8 Å². The lowest BCUT2D eigenvalue weighted by Crippen LogP contribution is -2.47. The molecule has 1 N–H and O–H groups in total. The number of benzene rings is 2. The van der Waals surface area contributed by atoms with E-state index in [0.717, 1.165) is 48.1 Å². The molecule has 0 saturated heterocycles. The Morgan fingerprint density at radius 1 is 1.00 bits per heavy atom. The van der Waals surface area contributed by atoms with E-state index in [2.05, 4.69) is 5.32 Å². The fourth-order valence-electron chi connectivity index (χ4n) is 4.38. The number of carbonyl (C=O) groups is 2. The summed E-state index contributed by atoms with van der Waals surface area (Å²) in [6, 6.07) is 18.9. The van der Waals surface area contributed by atoms with Crippen LogP contribution in [-0.2, 0) is 16.0 Å². The highest BCUT2D eigenvalue weighted by Crippen LogP contribution is 2.30. The van der Waals surface area contributed by atoms with Crippen molar-refractivity contribution in [3.8, 4) is 0 Å². The van der Waals surface area contributed by atoms with Gasteiger partial charge in [-0.15, -0.1) is 0 Å². The molecular formula is C27H30N2O2S. The largest absolute Gasteiger partial charge is 0.351 e. The molecule has 1 aliphatic rings. The van der Waals surface area contributed by atoms with Gasteiger partial charge in [0.25, 0.3) is 0 Å². The second kappa shape index (κ2) is 10.6. The van der Waals surface area contributed by atoms with Gasteiger partial charge in [-0.05, 0) is 59.9 Å². The molecular weight excluding hydrogens is 416 g/mol. The normalized spacial score (nSPS) is 15.2. The molecule has 32 heavy (non-hydrogen) atoms. The zero-order chi connectivity index (χ0) is 22.3. The Labute approximate surface area is 194 Å². The number of rotatable bonds is 7. The molecule has 1 heterocycles. The van der Waals surface area contributed by atoms with E-state index in [4.69, 9.17) is 0 Å². The quantitative estimate of drug-likeness (QED) is 0.497. The van der Waals surface area contributed by atoms with Gasteiger partial charge in [-0.1, -0.05) is 67.3 Å². The molecule has 1 atom stereocenters. The van der Waals surface area contributed by atoms with E-state index >= 15 is 0 Å². The monoisotopic (exact) mass is 446 g/mol. The van der Waals surface area contributed by atoms with Crippen LogP contribution in [0.4, 0.5) is 5.69 Å². The van der Waals surface area contributed by atoms with E-state index in [0.29, 0.717) is 0 Å². The van der Waals surface area contributed by atoms with Gasteiger partial charge in [-0.2, -0.15) is 11.3 Å². The Balaban J connectivity index is 1.71. The van der Waals surface area contributed by atoms with Crippen LogP contribution in [0.5, 0.6) is 0 Å². The van der Waals surface area contributed by atoms with Crippen molar-refractivity contribution >= 4 is 28.8 Å². The van der Waals surface area contributed by atoms with Crippen LogP contribution < -0.4 is 10.2 Å². The molecule has 2 amide bonds. The number of aryl methyl sites for hydroxylation is 1. The average Bonchev–Trinajstić information content (AvgIpc) is 3.32. The number of hydrogen-bond donors (Lipinski definition) is 1. The number of amides is 2. The van der Waals surface area contributed by atoms with Gasteiger partial charge in [0.2, 0.25) is 11.8 Å². The number of carbonyl (C=O) groups excluding carboxylic acids is 2. The fourth-order valence-corrected chi connectivity index (χ4v) is 5.04. The summed E-state index contributed by atoms with van der Waals surface area (Å²) in [5.41, 5.74) is 3.64. The van der Waals surface area contributed by atoms with Crippen LogP contribution in [-0.4, -0.2) is 17.9 Å². The molecule has 0 radical (unpaired) electrons. The van der Waals surface area contributed by atoms with Gasteiger partial charge in [0, 0.05) is 11.7 Å². The zero-order valence-corrected chi connectivity index (χ0v) is 19.3. The van der Waals surface area contributed by atoms with E-state index in [1.807, 2.05) is 78.3 Å². The minimum Gasteiger partial charge on any atom is -0.351 e. The van der Waals surface area contributed by atoms with Gasteiger partial charge in [-0.3, -0.25) is 14.5 Å². The van der Waals surface area contributed by atoms with Gasteiger partial charge in [0.1, 0.15) is 6.04 Å². The predicted octanol–water partition coefficient (Wildman–Crippen LogP) is 5.82. The lowest BCUT2D eigenvalue weighted by atomic mass is 9.94. The minimum absolute atomic E-state index is 0.0834. The molecule has 1 fully saturated rings. The van der Waals surface area contributed by atoms with Gasteiger partial charge < -0.3 is 5.32 Å². The molecule has 0 aliphatic heterocycles. The van der Waals surface area contributed by atoms with E-state index in [-0.39, 0.29) is 24.3 Å². The lowest BCUT2D eigenvalue weighted by Gasteiger charge is -2.33. The maximum absolute atomic E-state index is 13.7. The maximum Gasteiger partial charge on any atom is 0.248 e. The van der Waals surface area contributed by atoms with Gasteiger partial charge in [-0.25, -0.2) is 0 Å². The summed E-state index contributed by atoms with van der Waals surface area (Å²) in [5, 5.41) is 7.23. The number of hydrogen-bond acceptors (Lipinski definition) is 3. The van der Waals surface area contributed by atoms with Crippen LogP contribution in [0.15, 0.2) is 71.4 Å². The highest BCUT2D eigenvalue weighted by atomic mass is 32.1. The molecule has 1 saturated carbocycles. The maximum atomic E-state index is 13.7. The first-order chi connectivity index (χ1) is 15.6. The molecule has 1 aliphatic carbocycles. The molecule has 1 aromatic heterocycles. The third kappa shape index (κ3) is 5.46. The van der Waals surface area contributed by atoms with Crippen LogP contribution in [0, 0.1) is 6.92 Å². The average molecular weight is 447 g/mol. The van der Waals surface area contributed by atoms with Crippen LogP contribution in [0.3, 0.4) is 0 Å². The lowest BCUT2D eigenvalue weighted by molar-refractivity contribution is -0.127. The molecule has 4 rings (SSSR count). The molecule has 0 spiro atoms. The minimum atomic E-state index is -0.716. The summed E-state index contributed by atoms with van der Waals surface area (Å²) in [4.78, 5) is 29.0. The standard InChI is InChI=1S/C27H30N2O2S/c1-20-12-14-24(15-13-20)29(25(30)18-21-16-17-32-19-21)26(22-8-4-2-5-9-22)27(31)28-23-10-6-3-7-11-23/h2,4-5,8-9,12-17,19,23,26H,3,6-7,10-11,18H2,1H3,(H,28,31)/t26-/m1/s1. The smallest absolute Gasteiger partial charge is 0.248 e. The molecule has 3 aromatic rings. The van der Waals surface area contributed by atoms with Gasteiger partial charge in [0.05, 0.1) is 6.42 Å². The summed E-state index contributed by atoms with van der Waals surface area (Å²) in [7, 11) is 0. The van der Waals surface area contributed by atoms with Crippen molar-refractivity contribution in [2.24, 2.45) is 0 Å². The topological polar surface area (TPSA) is 49.4 Å². The molecule has 2 aromatic carbocycles. The van der Waals surface area contributed by atoms with Crippen LogP contribution >= 0.6 is 11.3 Å². The summed E-state index contributed by atoms with van der Waals surface area (Å²) in [6.07, 6.45) is 5.77. The second-order valence-electron chi connectivity index (χ2n) is 8.56. The summed E-state index contributed by atoms with van der Waals surface area (Å²) >= 11 is 1.58. The van der Waals surface area contributed by atoms with Crippen molar-refractivity contribution in [3.63, 3.8) is 0 Å². The molecule has 4 nitrogen and oxygen atoms in total. The number of nitrogens with zero attached hydrogens (tertiary/aromatic N) is 1. The van der Waals surface area contributed by atoms with Crippen molar-refractivity contribution in [2.75, 3.05) is 4.90 Å². The zero-order valence-electron chi connectivity index (χ0n) is 18.5. The van der Waals surface area contributed by atoms with Crippen molar-refractivity contribution < 1.29 is 9.59 Å². The van der Waals surface area contributed by atoms with Crippen molar-refractivity contribution in [1.29, 1.82) is 0 Å². The first kappa shape index (κ1) is 22.3. The summed E-state index contributed by atoms with van der Waals surface area (Å²) in [5.74, 6) is -0.192. The van der Waals surface area contributed by atoms with Crippen molar-refractivity contribution in [1.82, 2.24) is 5.32 Å². The van der Waals surface area contributed by atoms with E-state index in [9.17, 15) is 9.59 Å². The molecule has 0 bridgehead atoms. The third-order valence-corrected chi connectivity index (χ3v) is 6.82. The van der Waals surface area contributed by atoms with Crippen molar-refractivity contribution in [2.45, 2.75) is 57.5 Å². The van der Waals surface area contributed by atoms with Gasteiger partial charge >= 0.3 is 0 Å². The highest BCUT2D eigenvalue weighted by molar-refractivity contribution is 7.08. The predicted molar refractivity (Wildman–Crippen MR) is 131 cm³/mol. The SMILES string of the molecule is Cc1ccc(N(C(=O)Cc2ccsc2)[C@@H](C(=O)NC2CCCCC2)c2ccccc2)cc1. The first-order valence-corrected chi connectivity index (χ1v) is 12.3. The first-order valence-electron chi connectivity index (χ1n) is 11.4. The fraction of sp³-hybridized carbons (Fsp3) is 0.333. The Hall–Kier alpha value is -2.92. The third-order valence-electron chi connectivity index (χ3n) is 6.09. The van der Waals surface area contributed by atoms with Gasteiger partial charge in [0.15, 0.2) is 0 Å². The molecule has 166 valence electrons. The highest BCUT2D eigenvalue weighted by Gasteiger charge is 2.34. The molecule has 5 heteroatoms. The van der Waals surface area contributed by atoms with E-state index in [1.165, 1.54) is 6.42 Å².